The van der Waals surface area contributed by atoms with Crippen LogP contribution < -0.4 is 19.5 Å². The lowest BCUT2D eigenvalue weighted by Gasteiger charge is -2.25. The number of carbonyl (C=O) groups is 1. The molecule has 12 heteroatoms. The highest BCUT2D eigenvalue weighted by Gasteiger charge is 2.28. The number of sulfonamides is 2. The van der Waals surface area contributed by atoms with Gasteiger partial charge in [0.25, 0.3) is 0 Å². The zero-order valence-electron chi connectivity index (χ0n) is 23.1. The number of amides is 1. The minimum atomic E-state index is -4.12. The molecule has 0 saturated carbocycles. The Labute approximate surface area is 241 Å². The van der Waals surface area contributed by atoms with E-state index in [-0.39, 0.29) is 28.5 Å². The Balaban J connectivity index is 1.48. The first-order chi connectivity index (χ1) is 19.6. The molecule has 0 aliphatic carbocycles. The Morgan fingerprint density at radius 3 is 2.07 bits per heavy atom. The molecular weight excluding hydrogens is 566 g/mol. The topological polar surface area (TPSA) is 131 Å². The summed E-state index contributed by atoms with van der Waals surface area (Å²) in [6.45, 7) is 1.12. The van der Waals surface area contributed by atoms with Gasteiger partial charge in [-0.2, -0.15) is 9.03 Å². The van der Waals surface area contributed by atoms with E-state index < -0.39 is 32.0 Å². The molecule has 0 spiro atoms. The van der Waals surface area contributed by atoms with Gasteiger partial charge >= 0.3 is 0 Å². The SMILES string of the molecule is COc1ccc(S(=O)(=O)N[C@H](Cc2ccccc2)C(=O)NCc2ccc(S(=O)(=O)N3CCCCC3)cc2)cc1OC. The number of ether oxygens (including phenoxy) is 2. The van der Waals surface area contributed by atoms with Gasteiger partial charge in [-0.3, -0.25) is 4.79 Å². The molecule has 1 aliphatic heterocycles. The Morgan fingerprint density at radius 1 is 0.805 bits per heavy atom. The molecule has 0 aromatic heterocycles. The average molecular weight is 602 g/mol. The molecule has 4 rings (SSSR count). The summed E-state index contributed by atoms with van der Waals surface area (Å²) in [6, 6.07) is 18.5. The number of nitrogens with one attached hydrogen (secondary N) is 2. The quantitative estimate of drug-likeness (QED) is 0.326. The van der Waals surface area contributed by atoms with Crippen LogP contribution >= 0.6 is 0 Å². The molecule has 2 N–H and O–H groups in total. The van der Waals surface area contributed by atoms with Crippen molar-refractivity contribution in [1.29, 1.82) is 0 Å². The summed E-state index contributed by atoms with van der Waals surface area (Å²) in [5, 5.41) is 2.79. The van der Waals surface area contributed by atoms with Crippen molar-refractivity contribution >= 4 is 26.0 Å². The van der Waals surface area contributed by atoms with Gasteiger partial charge in [0.1, 0.15) is 6.04 Å². The predicted octanol–water partition coefficient (Wildman–Crippen LogP) is 3.08. The van der Waals surface area contributed by atoms with Crippen LogP contribution in [0, 0.1) is 0 Å². The number of nitrogens with zero attached hydrogens (tertiary/aromatic N) is 1. The first kappa shape index (κ1) is 30.5. The molecule has 0 bridgehead atoms. The van der Waals surface area contributed by atoms with Crippen molar-refractivity contribution in [3.63, 3.8) is 0 Å². The molecule has 41 heavy (non-hydrogen) atoms. The zero-order chi connectivity index (χ0) is 29.5. The molecule has 1 saturated heterocycles. The van der Waals surface area contributed by atoms with Crippen LogP contribution in [-0.2, 0) is 37.8 Å². The second kappa shape index (κ2) is 13.5. The lowest BCUT2D eigenvalue weighted by Crippen LogP contribution is -2.47. The molecule has 1 heterocycles. The minimum Gasteiger partial charge on any atom is -0.493 e. The second-order valence-corrected chi connectivity index (χ2v) is 13.4. The van der Waals surface area contributed by atoms with Gasteiger partial charge in [0, 0.05) is 25.7 Å². The summed E-state index contributed by atoms with van der Waals surface area (Å²) in [4.78, 5) is 13.4. The smallest absolute Gasteiger partial charge is 0.243 e. The molecule has 220 valence electrons. The maximum absolute atomic E-state index is 13.3. The summed E-state index contributed by atoms with van der Waals surface area (Å²) in [5.41, 5.74) is 1.45. The van der Waals surface area contributed by atoms with E-state index >= 15 is 0 Å². The number of hydrogen-bond acceptors (Lipinski definition) is 7. The van der Waals surface area contributed by atoms with E-state index in [0.717, 1.165) is 24.8 Å². The van der Waals surface area contributed by atoms with Gasteiger partial charge < -0.3 is 14.8 Å². The largest absolute Gasteiger partial charge is 0.493 e. The first-order valence-electron chi connectivity index (χ1n) is 13.3. The lowest BCUT2D eigenvalue weighted by molar-refractivity contribution is -0.122. The van der Waals surface area contributed by atoms with Crippen molar-refractivity contribution in [1.82, 2.24) is 14.3 Å². The first-order valence-corrected chi connectivity index (χ1v) is 16.2. The van der Waals surface area contributed by atoms with E-state index in [0.29, 0.717) is 24.4 Å². The molecule has 0 unspecified atom stereocenters. The van der Waals surface area contributed by atoms with E-state index in [1.807, 2.05) is 30.3 Å². The highest BCUT2D eigenvalue weighted by Crippen LogP contribution is 2.29. The standard InChI is InChI=1S/C29H35N3O7S2/c1-38-27-16-15-25(20-28(27)39-2)40(34,35)31-26(19-22-9-5-3-6-10-22)29(33)30-21-23-11-13-24(14-12-23)41(36,37)32-17-7-4-8-18-32/h3,5-6,9-16,20,26,31H,4,7-8,17-19,21H2,1-2H3,(H,30,33)/t26-/m1/s1. The summed E-state index contributed by atoms with van der Waals surface area (Å²) in [6.07, 6.45) is 2.85. The van der Waals surface area contributed by atoms with Gasteiger partial charge in [-0.1, -0.05) is 48.9 Å². The van der Waals surface area contributed by atoms with Crippen LogP contribution in [0.3, 0.4) is 0 Å². The molecule has 3 aromatic rings. The molecule has 1 aliphatic rings. The van der Waals surface area contributed by atoms with Gasteiger partial charge in [0.15, 0.2) is 11.5 Å². The molecular formula is C29H35N3O7S2. The van der Waals surface area contributed by atoms with Gasteiger partial charge in [-0.15, -0.1) is 0 Å². The number of benzene rings is 3. The maximum atomic E-state index is 13.3. The van der Waals surface area contributed by atoms with Crippen molar-refractivity contribution in [2.45, 2.75) is 48.1 Å². The van der Waals surface area contributed by atoms with Crippen LogP contribution in [0.15, 0.2) is 82.6 Å². The summed E-state index contributed by atoms with van der Waals surface area (Å²) >= 11 is 0. The minimum absolute atomic E-state index is 0.0773. The number of hydrogen-bond donors (Lipinski definition) is 2. The fraction of sp³-hybridized carbons (Fsp3) is 0.345. The Morgan fingerprint density at radius 2 is 1.44 bits per heavy atom. The van der Waals surface area contributed by atoms with E-state index in [1.165, 1.54) is 48.9 Å². The summed E-state index contributed by atoms with van der Waals surface area (Å²) in [7, 11) is -4.82. The molecule has 1 fully saturated rings. The molecule has 3 aromatic carbocycles. The van der Waals surface area contributed by atoms with E-state index in [1.54, 1.807) is 12.1 Å². The summed E-state index contributed by atoms with van der Waals surface area (Å²) in [5.74, 6) is 0.0906. The van der Waals surface area contributed by atoms with Gasteiger partial charge in [0.2, 0.25) is 26.0 Å². The zero-order valence-corrected chi connectivity index (χ0v) is 24.7. The maximum Gasteiger partial charge on any atom is 0.243 e. The van der Waals surface area contributed by atoms with Crippen molar-refractivity contribution in [2.24, 2.45) is 0 Å². The van der Waals surface area contributed by atoms with Crippen LogP contribution in [0.5, 0.6) is 11.5 Å². The number of carbonyl (C=O) groups excluding carboxylic acids is 1. The van der Waals surface area contributed by atoms with E-state index in [2.05, 4.69) is 10.0 Å². The van der Waals surface area contributed by atoms with Crippen LogP contribution in [0.1, 0.15) is 30.4 Å². The van der Waals surface area contributed by atoms with E-state index in [4.69, 9.17) is 9.47 Å². The van der Waals surface area contributed by atoms with Crippen LogP contribution in [0.25, 0.3) is 0 Å². The Kier molecular flexibility index (Phi) is 10.0. The monoisotopic (exact) mass is 601 g/mol. The highest BCUT2D eigenvalue weighted by molar-refractivity contribution is 7.89. The summed E-state index contributed by atoms with van der Waals surface area (Å²) < 4.78 is 66.9. The Hall–Kier alpha value is -3.45. The second-order valence-electron chi connectivity index (χ2n) is 9.71. The van der Waals surface area contributed by atoms with Gasteiger partial charge in [0.05, 0.1) is 24.0 Å². The van der Waals surface area contributed by atoms with Crippen LogP contribution in [0.2, 0.25) is 0 Å². The van der Waals surface area contributed by atoms with Gasteiger partial charge in [-0.05, 0) is 54.7 Å². The van der Waals surface area contributed by atoms with E-state index in [9.17, 15) is 21.6 Å². The van der Waals surface area contributed by atoms with Crippen molar-refractivity contribution < 1.29 is 31.1 Å². The third kappa shape index (κ3) is 7.64. The third-order valence-corrected chi connectivity index (χ3v) is 10.3. The predicted molar refractivity (Wildman–Crippen MR) is 155 cm³/mol. The molecule has 0 radical (unpaired) electrons. The number of methoxy groups -OCH3 is 2. The third-order valence-electron chi connectivity index (χ3n) is 6.90. The number of piperidine rings is 1. The molecule has 1 atom stereocenters. The average Bonchev–Trinajstić information content (AvgIpc) is 3.00. The van der Waals surface area contributed by atoms with Gasteiger partial charge in [-0.25, -0.2) is 16.8 Å². The van der Waals surface area contributed by atoms with Crippen LogP contribution in [0.4, 0.5) is 0 Å². The Bertz CT molecular complexity index is 1540. The van der Waals surface area contributed by atoms with Crippen molar-refractivity contribution in [3.8, 4) is 11.5 Å². The normalized spacial score (nSPS) is 15.2. The van der Waals surface area contributed by atoms with Crippen LogP contribution in [-0.4, -0.2) is 60.4 Å². The highest BCUT2D eigenvalue weighted by atomic mass is 32.2. The fourth-order valence-electron chi connectivity index (χ4n) is 4.62. The molecule has 1 amide bonds. The fourth-order valence-corrected chi connectivity index (χ4v) is 7.35. The molecule has 10 nitrogen and oxygen atoms in total. The van der Waals surface area contributed by atoms with Crippen molar-refractivity contribution in [3.05, 3.63) is 83.9 Å². The number of rotatable bonds is 12. The van der Waals surface area contributed by atoms with Crippen molar-refractivity contribution in [2.75, 3.05) is 27.3 Å². The lowest BCUT2D eigenvalue weighted by atomic mass is 10.1.